The van der Waals surface area contributed by atoms with E-state index in [-0.39, 0.29) is 17.5 Å². The fourth-order valence-electron chi connectivity index (χ4n) is 2.78. The highest BCUT2D eigenvalue weighted by molar-refractivity contribution is 5.89. The van der Waals surface area contributed by atoms with Gasteiger partial charge in [-0.15, -0.1) is 0 Å². The number of carbonyl (C=O) groups is 2. The highest BCUT2D eigenvalue weighted by atomic mass is 16.5. The molecule has 140 valence electrons. The second-order valence-electron chi connectivity index (χ2n) is 6.60. The van der Waals surface area contributed by atoms with Crippen molar-refractivity contribution in [1.29, 1.82) is 0 Å². The lowest BCUT2D eigenvalue weighted by Gasteiger charge is -2.21. The van der Waals surface area contributed by atoms with E-state index < -0.39 is 12.1 Å². The zero-order valence-electron chi connectivity index (χ0n) is 15.7. The largest absolute Gasteiger partial charge is 0.478 e. The monoisotopic (exact) mass is 349 g/mol. The zero-order chi connectivity index (χ0) is 18.7. The molecule has 1 aromatic rings. The topological polar surface area (TPSA) is 76.5 Å². The van der Waals surface area contributed by atoms with Gasteiger partial charge in [0.15, 0.2) is 0 Å². The molecule has 25 heavy (non-hydrogen) atoms. The molecule has 1 heterocycles. The molecule has 0 saturated heterocycles. The van der Waals surface area contributed by atoms with Crippen molar-refractivity contribution in [2.24, 2.45) is 0 Å². The Hall–Kier alpha value is -1.91. The number of carboxylic acids is 1. The van der Waals surface area contributed by atoms with Gasteiger partial charge in [0.05, 0.1) is 11.3 Å². The Morgan fingerprint density at radius 1 is 1.12 bits per heavy atom. The van der Waals surface area contributed by atoms with Gasteiger partial charge in [0.25, 0.3) is 0 Å². The van der Waals surface area contributed by atoms with Gasteiger partial charge in [0.2, 0.25) is 0 Å². The summed E-state index contributed by atoms with van der Waals surface area (Å²) in [5.74, 6) is -1.51. The van der Waals surface area contributed by atoms with Gasteiger partial charge >= 0.3 is 11.9 Å². The van der Waals surface area contributed by atoms with Crippen LogP contribution in [0, 0.1) is 0 Å². The molecular weight excluding hydrogens is 318 g/mol. The average Bonchev–Trinajstić information content (AvgIpc) is 2.60. The van der Waals surface area contributed by atoms with Crippen molar-refractivity contribution in [1.82, 2.24) is 4.98 Å². The van der Waals surface area contributed by atoms with Crippen LogP contribution in [0.2, 0.25) is 0 Å². The van der Waals surface area contributed by atoms with Crippen molar-refractivity contribution in [2.45, 2.75) is 84.2 Å². The third-order valence-electron chi connectivity index (χ3n) is 4.51. The maximum Gasteiger partial charge on any atom is 0.337 e. The van der Waals surface area contributed by atoms with Crippen molar-refractivity contribution < 1.29 is 19.4 Å². The van der Waals surface area contributed by atoms with Crippen LogP contribution in [-0.4, -0.2) is 28.1 Å². The Bertz CT molecular complexity index is 544. The number of rotatable bonds is 12. The third-order valence-corrected chi connectivity index (χ3v) is 4.51. The summed E-state index contributed by atoms with van der Waals surface area (Å²) in [6, 6.07) is 3.12. The molecule has 1 rings (SSSR count). The number of hydrogen-bond donors (Lipinski definition) is 1. The van der Waals surface area contributed by atoms with Gasteiger partial charge in [-0.05, 0) is 25.5 Å². The highest BCUT2D eigenvalue weighted by Gasteiger charge is 2.24. The van der Waals surface area contributed by atoms with Crippen LogP contribution in [0.3, 0.4) is 0 Å². The molecule has 0 saturated carbocycles. The zero-order valence-corrected chi connectivity index (χ0v) is 15.7. The first kappa shape index (κ1) is 21.1. The molecule has 2 unspecified atom stereocenters. The number of aromatic carboxylic acids is 1. The lowest BCUT2D eigenvalue weighted by Crippen LogP contribution is -2.23. The van der Waals surface area contributed by atoms with E-state index in [0.29, 0.717) is 12.1 Å². The van der Waals surface area contributed by atoms with E-state index >= 15 is 0 Å². The van der Waals surface area contributed by atoms with Crippen LogP contribution in [0.4, 0.5) is 0 Å². The van der Waals surface area contributed by atoms with Crippen LogP contribution < -0.4 is 0 Å². The summed E-state index contributed by atoms with van der Waals surface area (Å²) in [6.07, 6.45) is 9.64. The summed E-state index contributed by atoms with van der Waals surface area (Å²) >= 11 is 0. The highest BCUT2D eigenvalue weighted by Crippen LogP contribution is 2.23. The summed E-state index contributed by atoms with van der Waals surface area (Å²) < 4.78 is 5.47. The third kappa shape index (κ3) is 7.67. The first-order valence-corrected chi connectivity index (χ1v) is 9.35. The molecule has 0 aliphatic carbocycles. The molecule has 0 bridgehead atoms. The molecule has 0 amide bonds. The second kappa shape index (κ2) is 11.6. The number of unbranched alkanes of at least 4 members (excludes halogenated alkanes) is 6. The smallest absolute Gasteiger partial charge is 0.337 e. The Morgan fingerprint density at radius 3 is 2.40 bits per heavy atom. The minimum Gasteiger partial charge on any atom is -0.478 e. The lowest BCUT2D eigenvalue weighted by molar-refractivity contribution is -0.149. The van der Waals surface area contributed by atoms with Gasteiger partial charge in [-0.25, -0.2) is 4.79 Å². The van der Waals surface area contributed by atoms with Crippen LogP contribution in [0.5, 0.6) is 0 Å². The Balaban J connectivity index is 2.39. The summed E-state index contributed by atoms with van der Waals surface area (Å²) in [6.45, 7) is 5.82. The maximum absolute atomic E-state index is 12.0. The maximum atomic E-state index is 12.0. The van der Waals surface area contributed by atoms with Crippen LogP contribution in [0.15, 0.2) is 18.3 Å². The van der Waals surface area contributed by atoms with Gasteiger partial charge < -0.3 is 9.84 Å². The van der Waals surface area contributed by atoms with Gasteiger partial charge in [-0.2, -0.15) is 0 Å². The molecule has 1 N–H and O–H groups in total. The number of nitrogens with zero attached hydrogens (tertiary/aromatic N) is 1. The lowest BCUT2D eigenvalue weighted by atomic mass is 9.97. The summed E-state index contributed by atoms with van der Waals surface area (Å²) in [5.41, 5.74) is 0.608. The number of hydrogen-bond acceptors (Lipinski definition) is 4. The molecule has 0 fully saturated rings. The molecule has 0 aliphatic heterocycles. The van der Waals surface area contributed by atoms with Crippen molar-refractivity contribution in [3.8, 4) is 0 Å². The van der Waals surface area contributed by atoms with Gasteiger partial charge in [-0.3, -0.25) is 9.78 Å². The van der Waals surface area contributed by atoms with Gasteiger partial charge in [-0.1, -0.05) is 52.4 Å². The van der Waals surface area contributed by atoms with Crippen molar-refractivity contribution in [3.05, 3.63) is 29.6 Å². The van der Waals surface area contributed by atoms with E-state index in [1.165, 1.54) is 31.7 Å². The molecule has 0 aromatic carbocycles. The van der Waals surface area contributed by atoms with E-state index in [1.54, 1.807) is 19.2 Å². The standard InChI is InChI=1S/C20H31NO4/c1-4-5-6-7-8-9-10-13-18(22)25-16(3)15(2)19-17(20(23)24)12-11-14-21-19/h11-12,14-16H,4-10,13H2,1-3H3,(H,23,24). The quantitative estimate of drug-likeness (QED) is 0.426. The first-order chi connectivity index (χ1) is 12.0. The number of ether oxygens (including phenoxy) is 1. The van der Waals surface area contributed by atoms with Crippen LogP contribution in [-0.2, 0) is 9.53 Å². The molecule has 0 radical (unpaired) electrons. The molecule has 1 aromatic heterocycles. The van der Waals surface area contributed by atoms with Crippen molar-refractivity contribution >= 4 is 11.9 Å². The van der Waals surface area contributed by atoms with E-state index in [4.69, 9.17) is 4.74 Å². The molecule has 0 aliphatic rings. The Morgan fingerprint density at radius 2 is 1.76 bits per heavy atom. The second-order valence-corrected chi connectivity index (χ2v) is 6.60. The molecule has 5 heteroatoms. The Labute approximate surface area is 150 Å². The minimum absolute atomic E-state index is 0.157. The molecular formula is C20H31NO4. The number of carboxylic acid groups (broad SMARTS) is 1. The van der Waals surface area contributed by atoms with Gasteiger partial charge in [0.1, 0.15) is 6.10 Å². The fraction of sp³-hybridized carbons (Fsp3) is 0.650. The molecule has 5 nitrogen and oxygen atoms in total. The normalized spacial score (nSPS) is 13.2. The predicted octanol–water partition coefficient (Wildman–Crippen LogP) is 4.96. The van der Waals surface area contributed by atoms with E-state index in [2.05, 4.69) is 11.9 Å². The number of esters is 1. The number of pyridine rings is 1. The van der Waals surface area contributed by atoms with Gasteiger partial charge in [0, 0.05) is 18.5 Å². The van der Waals surface area contributed by atoms with E-state index in [9.17, 15) is 14.7 Å². The predicted molar refractivity (Wildman–Crippen MR) is 97.8 cm³/mol. The minimum atomic E-state index is -1.02. The van der Waals surface area contributed by atoms with E-state index in [0.717, 1.165) is 19.3 Å². The fourth-order valence-corrected chi connectivity index (χ4v) is 2.78. The SMILES string of the molecule is CCCCCCCCCC(=O)OC(C)C(C)c1ncccc1C(=O)O. The Kier molecular flexibility index (Phi) is 9.81. The number of carbonyl (C=O) groups excluding carboxylic acids is 1. The van der Waals surface area contributed by atoms with Crippen LogP contribution >= 0.6 is 0 Å². The van der Waals surface area contributed by atoms with E-state index in [1.807, 2.05) is 6.92 Å². The first-order valence-electron chi connectivity index (χ1n) is 9.35. The van der Waals surface area contributed by atoms with Crippen molar-refractivity contribution in [2.75, 3.05) is 0 Å². The molecule has 0 spiro atoms. The summed E-state index contributed by atoms with van der Waals surface area (Å²) in [7, 11) is 0. The van der Waals surface area contributed by atoms with Crippen LogP contribution in [0.25, 0.3) is 0 Å². The van der Waals surface area contributed by atoms with Crippen LogP contribution in [0.1, 0.15) is 94.1 Å². The molecule has 2 atom stereocenters. The summed E-state index contributed by atoms with van der Waals surface area (Å²) in [5, 5.41) is 9.25. The van der Waals surface area contributed by atoms with Crippen molar-refractivity contribution in [3.63, 3.8) is 0 Å². The summed E-state index contributed by atoms with van der Waals surface area (Å²) in [4.78, 5) is 27.4. The number of aromatic nitrogens is 1. The average molecular weight is 349 g/mol.